The number of para-hydroxylation sites is 1. The zero-order chi connectivity index (χ0) is 20.2. The van der Waals surface area contributed by atoms with Crippen molar-refractivity contribution in [2.24, 2.45) is 11.8 Å². The number of nitrogens with one attached hydrogen (secondary N) is 2. The predicted molar refractivity (Wildman–Crippen MR) is 122 cm³/mol. The summed E-state index contributed by atoms with van der Waals surface area (Å²) in [6.45, 7) is 8.60. The largest absolute Gasteiger partial charge is 0.489 e. The van der Waals surface area contributed by atoms with E-state index < -0.39 is 0 Å². The maximum atomic E-state index is 6.10. The molecule has 1 fully saturated rings. The molecule has 0 spiro atoms. The lowest BCUT2D eigenvalue weighted by atomic mass is 9.84. The van der Waals surface area contributed by atoms with Crippen molar-refractivity contribution >= 4 is 23.0 Å². The Bertz CT molecular complexity index is 804. The van der Waals surface area contributed by atoms with Crippen LogP contribution < -0.4 is 20.3 Å². The first-order valence-corrected chi connectivity index (χ1v) is 11.2. The van der Waals surface area contributed by atoms with Crippen molar-refractivity contribution in [1.82, 2.24) is 5.32 Å². The topological polar surface area (TPSA) is 36.5 Å². The van der Waals surface area contributed by atoms with Crippen LogP contribution in [0.25, 0.3) is 0 Å². The fourth-order valence-corrected chi connectivity index (χ4v) is 4.79. The Morgan fingerprint density at radius 2 is 1.90 bits per heavy atom. The van der Waals surface area contributed by atoms with Gasteiger partial charge >= 0.3 is 0 Å². The molecule has 0 aliphatic carbocycles. The molecule has 1 saturated heterocycles. The van der Waals surface area contributed by atoms with Gasteiger partial charge in [-0.1, -0.05) is 30.7 Å². The lowest BCUT2D eigenvalue weighted by molar-refractivity contribution is 0.258. The van der Waals surface area contributed by atoms with E-state index in [4.69, 9.17) is 16.3 Å². The Morgan fingerprint density at radius 1 is 1.14 bits per heavy atom. The Hall–Kier alpha value is -1.91. The van der Waals surface area contributed by atoms with E-state index in [9.17, 15) is 0 Å². The van der Waals surface area contributed by atoms with Crippen molar-refractivity contribution in [2.45, 2.75) is 39.3 Å². The molecule has 2 atom stereocenters. The molecule has 156 valence electrons. The summed E-state index contributed by atoms with van der Waals surface area (Å²) in [6.07, 6.45) is 3.95. The van der Waals surface area contributed by atoms with Crippen LogP contribution >= 0.6 is 11.6 Å². The molecule has 0 saturated carbocycles. The third-order valence-corrected chi connectivity index (χ3v) is 6.71. The maximum absolute atomic E-state index is 6.10. The van der Waals surface area contributed by atoms with E-state index in [1.54, 1.807) is 0 Å². The third-order valence-electron chi connectivity index (χ3n) is 6.46. The maximum Gasteiger partial charge on any atom is 0.134 e. The summed E-state index contributed by atoms with van der Waals surface area (Å²) in [5, 5.41) is 7.89. The zero-order valence-corrected chi connectivity index (χ0v) is 18.2. The SMILES string of the molecule is Cc1cccc2c1N(CCC(C)C1CCNCC1)C(COc1ccc(Cl)cc1)N2. The first-order valence-electron chi connectivity index (χ1n) is 10.8. The standard InChI is InChI=1S/C24H32ClN3O/c1-17(19-10-13-26-14-11-19)12-15-28-23(16-29-21-8-6-20(25)7-9-21)27-22-5-3-4-18(2)24(22)28/h3-9,17,19,23,26-27H,10-16H2,1-2H3. The van der Waals surface area contributed by atoms with Gasteiger partial charge in [0.2, 0.25) is 0 Å². The number of piperidine rings is 1. The summed E-state index contributed by atoms with van der Waals surface area (Å²) in [5.41, 5.74) is 3.86. The van der Waals surface area contributed by atoms with Crippen LogP contribution in [-0.4, -0.2) is 32.4 Å². The molecule has 0 aromatic heterocycles. The third kappa shape index (κ3) is 4.81. The van der Waals surface area contributed by atoms with Crippen molar-refractivity contribution in [3.8, 4) is 5.75 Å². The molecular weight excluding hydrogens is 382 g/mol. The van der Waals surface area contributed by atoms with Gasteiger partial charge in [-0.05, 0) is 87.0 Å². The molecule has 0 bridgehead atoms. The van der Waals surface area contributed by atoms with Crippen LogP contribution in [0.2, 0.25) is 5.02 Å². The fourth-order valence-electron chi connectivity index (χ4n) is 4.67. The number of fused-ring (bicyclic) bond motifs is 1. The average Bonchev–Trinajstić information content (AvgIpc) is 3.11. The van der Waals surface area contributed by atoms with E-state index in [1.165, 1.54) is 49.3 Å². The Balaban J connectivity index is 1.43. The second kappa shape index (κ2) is 9.27. The normalized spacial score (nSPS) is 20.2. The lowest BCUT2D eigenvalue weighted by Gasteiger charge is -2.32. The van der Waals surface area contributed by atoms with Gasteiger partial charge in [0.15, 0.2) is 0 Å². The van der Waals surface area contributed by atoms with Crippen LogP contribution in [0.1, 0.15) is 31.7 Å². The summed E-state index contributed by atoms with van der Waals surface area (Å²) in [6, 6.07) is 14.1. The van der Waals surface area contributed by atoms with E-state index in [0.717, 1.165) is 29.2 Å². The molecule has 0 amide bonds. The van der Waals surface area contributed by atoms with Gasteiger partial charge in [-0.15, -0.1) is 0 Å². The highest BCUT2D eigenvalue weighted by molar-refractivity contribution is 6.30. The highest BCUT2D eigenvalue weighted by Gasteiger charge is 2.31. The van der Waals surface area contributed by atoms with Crippen LogP contribution in [0.15, 0.2) is 42.5 Å². The Kier molecular flexibility index (Phi) is 6.51. The molecule has 4 rings (SSSR count). The number of ether oxygens (including phenoxy) is 1. The molecule has 2 aromatic rings. The van der Waals surface area contributed by atoms with E-state index in [1.807, 2.05) is 24.3 Å². The van der Waals surface area contributed by atoms with E-state index >= 15 is 0 Å². The molecule has 2 aliphatic rings. The van der Waals surface area contributed by atoms with E-state index in [0.29, 0.717) is 6.61 Å². The van der Waals surface area contributed by atoms with Crippen molar-refractivity contribution < 1.29 is 4.74 Å². The minimum atomic E-state index is 0.141. The number of nitrogens with zero attached hydrogens (tertiary/aromatic N) is 1. The average molecular weight is 414 g/mol. The number of rotatable bonds is 7. The van der Waals surface area contributed by atoms with Crippen LogP contribution in [0.5, 0.6) is 5.75 Å². The Labute approximate surface area is 179 Å². The molecular formula is C24H32ClN3O. The van der Waals surface area contributed by atoms with Gasteiger partial charge in [0.1, 0.15) is 18.5 Å². The van der Waals surface area contributed by atoms with Crippen molar-refractivity contribution in [2.75, 3.05) is 36.5 Å². The first-order chi connectivity index (χ1) is 14.1. The summed E-state index contributed by atoms with van der Waals surface area (Å²) in [4.78, 5) is 2.51. The van der Waals surface area contributed by atoms with E-state index in [-0.39, 0.29) is 6.17 Å². The number of benzene rings is 2. The highest BCUT2D eigenvalue weighted by atomic mass is 35.5. The number of halogens is 1. The van der Waals surface area contributed by atoms with Crippen molar-refractivity contribution in [1.29, 1.82) is 0 Å². The van der Waals surface area contributed by atoms with Gasteiger partial charge in [0.25, 0.3) is 0 Å². The molecule has 5 heteroatoms. The van der Waals surface area contributed by atoms with Gasteiger partial charge in [-0.3, -0.25) is 0 Å². The number of hydrogen-bond acceptors (Lipinski definition) is 4. The van der Waals surface area contributed by atoms with Crippen molar-refractivity contribution in [3.05, 3.63) is 53.1 Å². The van der Waals surface area contributed by atoms with Gasteiger partial charge < -0.3 is 20.3 Å². The molecule has 0 radical (unpaired) electrons. The van der Waals surface area contributed by atoms with Crippen LogP contribution in [0.4, 0.5) is 11.4 Å². The number of anilines is 2. The van der Waals surface area contributed by atoms with Crippen LogP contribution in [0.3, 0.4) is 0 Å². The summed E-state index contributed by atoms with van der Waals surface area (Å²) < 4.78 is 6.10. The summed E-state index contributed by atoms with van der Waals surface area (Å²) in [5.74, 6) is 2.43. The molecule has 2 aromatic carbocycles. The molecule has 29 heavy (non-hydrogen) atoms. The van der Waals surface area contributed by atoms with Gasteiger partial charge in [0, 0.05) is 11.6 Å². The van der Waals surface area contributed by atoms with Gasteiger partial charge in [-0.25, -0.2) is 0 Å². The number of hydrogen-bond donors (Lipinski definition) is 2. The molecule has 2 heterocycles. The molecule has 2 aliphatic heterocycles. The second-order valence-electron chi connectivity index (χ2n) is 8.44. The minimum Gasteiger partial charge on any atom is -0.489 e. The monoisotopic (exact) mass is 413 g/mol. The summed E-state index contributed by atoms with van der Waals surface area (Å²) >= 11 is 6.00. The zero-order valence-electron chi connectivity index (χ0n) is 17.5. The van der Waals surface area contributed by atoms with E-state index in [2.05, 4.69) is 47.6 Å². The number of aryl methyl sites for hydroxylation is 1. The minimum absolute atomic E-state index is 0.141. The van der Waals surface area contributed by atoms with Crippen LogP contribution in [0, 0.1) is 18.8 Å². The summed E-state index contributed by atoms with van der Waals surface area (Å²) in [7, 11) is 0. The first kappa shape index (κ1) is 20.4. The predicted octanol–water partition coefficient (Wildman–Crippen LogP) is 5.31. The molecule has 2 unspecified atom stereocenters. The lowest BCUT2D eigenvalue weighted by Crippen LogP contribution is -2.42. The fraction of sp³-hybridized carbons (Fsp3) is 0.500. The highest BCUT2D eigenvalue weighted by Crippen LogP contribution is 2.38. The quantitative estimate of drug-likeness (QED) is 0.644. The van der Waals surface area contributed by atoms with Crippen LogP contribution in [-0.2, 0) is 0 Å². The molecule has 4 nitrogen and oxygen atoms in total. The smallest absolute Gasteiger partial charge is 0.134 e. The second-order valence-corrected chi connectivity index (χ2v) is 8.88. The van der Waals surface area contributed by atoms with Crippen molar-refractivity contribution in [3.63, 3.8) is 0 Å². The molecule has 2 N–H and O–H groups in total. The Morgan fingerprint density at radius 3 is 2.66 bits per heavy atom. The van der Waals surface area contributed by atoms with Gasteiger partial charge in [-0.2, -0.15) is 0 Å². The van der Waals surface area contributed by atoms with Gasteiger partial charge in [0.05, 0.1) is 11.4 Å².